The highest BCUT2D eigenvalue weighted by atomic mass is 79.9. The molecule has 3 amide bonds. The number of imide groups is 1. The highest BCUT2D eigenvalue weighted by molar-refractivity contribution is 9.10. The van der Waals surface area contributed by atoms with Crippen LogP contribution in [-0.4, -0.2) is 45.5 Å². The zero-order valence-electron chi connectivity index (χ0n) is 16.8. The summed E-state index contributed by atoms with van der Waals surface area (Å²) < 4.78 is 3.09. The Morgan fingerprint density at radius 2 is 1.83 bits per heavy atom. The van der Waals surface area contributed by atoms with Gasteiger partial charge in [0.05, 0.1) is 5.75 Å². The van der Waals surface area contributed by atoms with Crippen molar-refractivity contribution in [3.05, 3.63) is 28.7 Å². The number of halogens is 1. The number of anilines is 2. The van der Waals surface area contributed by atoms with Gasteiger partial charge in [0.25, 0.3) is 0 Å². The molecular weight excluding hydrogens is 468 g/mol. The zero-order chi connectivity index (χ0) is 21.1. The zero-order valence-corrected chi connectivity index (χ0v) is 19.2. The smallest absolute Gasteiger partial charge is 0.325 e. The van der Waals surface area contributed by atoms with Crippen molar-refractivity contribution in [1.29, 1.82) is 0 Å². The molecule has 1 aromatic carbocycles. The third-order valence-electron chi connectivity index (χ3n) is 5.31. The number of amides is 3. The fraction of sp³-hybridized carbons (Fsp3) is 0.500. The van der Waals surface area contributed by atoms with E-state index >= 15 is 0 Å². The van der Waals surface area contributed by atoms with Crippen molar-refractivity contribution in [1.82, 2.24) is 20.1 Å². The average Bonchev–Trinajstić information content (AvgIpc) is 3.48. The second-order valence-corrected chi connectivity index (χ2v) is 9.71. The summed E-state index contributed by atoms with van der Waals surface area (Å²) in [4.78, 5) is 26.6. The van der Waals surface area contributed by atoms with Gasteiger partial charge in [0.1, 0.15) is 0 Å². The predicted octanol–water partition coefficient (Wildman–Crippen LogP) is 4.05. The van der Waals surface area contributed by atoms with Crippen molar-refractivity contribution in [3.8, 4) is 0 Å². The van der Waals surface area contributed by atoms with E-state index in [9.17, 15) is 9.59 Å². The van der Waals surface area contributed by atoms with Crippen LogP contribution in [0.4, 0.5) is 16.4 Å². The number of benzene rings is 1. The molecule has 2 aromatic rings. The van der Waals surface area contributed by atoms with Crippen LogP contribution in [0.2, 0.25) is 0 Å². The molecule has 160 valence electrons. The maximum atomic E-state index is 12.2. The van der Waals surface area contributed by atoms with Crippen molar-refractivity contribution in [2.75, 3.05) is 29.1 Å². The van der Waals surface area contributed by atoms with Gasteiger partial charge in [-0.2, -0.15) is 0 Å². The Morgan fingerprint density at radius 1 is 1.13 bits per heavy atom. The molecule has 0 radical (unpaired) electrons. The quantitative estimate of drug-likeness (QED) is 0.590. The molecule has 0 spiro atoms. The van der Waals surface area contributed by atoms with Crippen molar-refractivity contribution >= 4 is 51.3 Å². The van der Waals surface area contributed by atoms with Gasteiger partial charge < -0.3 is 10.2 Å². The highest BCUT2D eigenvalue weighted by Gasteiger charge is 2.32. The summed E-state index contributed by atoms with van der Waals surface area (Å²) in [6.45, 7) is 4.27. The van der Waals surface area contributed by atoms with Gasteiger partial charge in [0.2, 0.25) is 11.9 Å². The van der Waals surface area contributed by atoms with E-state index in [2.05, 4.69) is 53.2 Å². The molecule has 1 aliphatic carbocycles. The van der Waals surface area contributed by atoms with Crippen molar-refractivity contribution in [3.63, 3.8) is 0 Å². The van der Waals surface area contributed by atoms with Crippen LogP contribution in [0.3, 0.4) is 0 Å². The number of carbonyl (C=O) groups is 2. The maximum absolute atomic E-state index is 12.2. The number of thioether (sulfide) groups is 1. The lowest BCUT2D eigenvalue weighted by molar-refractivity contribution is -0.117. The predicted molar refractivity (Wildman–Crippen MR) is 121 cm³/mol. The Kier molecular flexibility index (Phi) is 6.62. The Hall–Kier alpha value is -2.07. The van der Waals surface area contributed by atoms with Crippen molar-refractivity contribution < 1.29 is 9.59 Å². The van der Waals surface area contributed by atoms with E-state index in [4.69, 9.17) is 0 Å². The molecule has 2 heterocycles. The van der Waals surface area contributed by atoms with Gasteiger partial charge in [0.15, 0.2) is 5.16 Å². The van der Waals surface area contributed by atoms with Gasteiger partial charge in [0, 0.05) is 29.3 Å². The Balaban J connectivity index is 1.32. The van der Waals surface area contributed by atoms with Crippen LogP contribution >= 0.6 is 27.7 Å². The summed E-state index contributed by atoms with van der Waals surface area (Å²) >= 11 is 4.67. The molecule has 1 aromatic heterocycles. The Morgan fingerprint density at radius 3 is 2.50 bits per heavy atom. The molecule has 0 unspecified atom stereocenters. The third kappa shape index (κ3) is 5.34. The largest absolute Gasteiger partial charge is 0.341 e. The van der Waals surface area contributed by atoms with Crippen LogP contribution < -0.4 is 15.5 Å². The average molecular weight is 493 g/mol. The summed E-state index contributed by atoms with van der Waals surface area (Å²) in [6.07, 6.45) is 4.56. The lowest BCUT2D eigenvalue weighted by atomic mass is 10.00. The Labute approximate surface area is 188 Å². The topological polar surface area (TPSA) is 92.2 Å². The van der Waals surface area contributed by atoms with Crippen LogP contribution in [0, 0.1) is 5.92 Å². The van der Waals surface area contributed by atoms with E-state index in [1.165, 1.54) is 11.8 Å². The van der Waals surface area contributed by atoms with Gasteiger partial charge in [-0.3, -0.25) is 14.7 Å². The summed E-state index contributed by atoms with van der Waals surface area (Å²) in [6, 6.07) is 7.01. The number of aromatic nitrogens is 3. The standard InChI is InChI=1S/C20H25BrN6O2S/c1-13-8-10-26(11-9-13)19-24-25-20(27(19)16-6-7-16)30-12-17(28)23-18(29)22-15-4-2-14(21)3-5-15/h2-5,13,16H,6-12H2,1H3,(H2,22,23,28,29). The van der Waals surface area contributed by atoms with Crippen LogP contribution in [-0.2, 0) is 4.79 Å². The van der Waals surface area contributed by atoms with Crippen LogP contribution in [0.25, 0.3) is 0 Å². The first-order valence-corrected chi connectivity index (χ1v) is 12.0. The lowest BCUT2D eigenvalue weighted by Crippen LogP contribution is -2.35. The molecule has 10 heteroatoms. The summed E-state index contributed by atoms with van der Waals surface area (Å²) in [7, 11) is 0. The van der Waals surface area contributed by atoms with Gasteiger partial charge in [-0.15, -0.1) is 10.2 Å². The summed E-state index contributed by atoms with van der Waals surface area (Å²) in [5, 5.41) is 14.5. The first-order valence-electron chi connectivity index (χ1n) is 10.2. The van der Waals surface area contributed by atoms with E-state index < -0.39 is 6.03 Å². The molecule has 1 saturated carbocycles. The fourth-order valence-corrected chi connectivity index (χ4v) is 4.50. The van der Waals surface area contributed by atoms with E-state index in [-0.39, 0.29) is 11.7 Å². The fourth-order valence-electron chi connectivity index (χ4n) is 3.43. The molecule has 2 fully saturated rings. The minimum Gasteiger partial charge on any atom is -0.341 e. The number of rotatable bonds is 6. The SMILES string of the molecule is CC1CCN(c2nnc(SCC(=O)NC(=O)Nc3ccc(Br)cc3)n2C2CC2)CC1. The van der Waals surface area contributed by atoms with Crippen molar-refractivity contribution in [2.45, 2.75) is 43.8 Å². The summed E-state index contributed by atoms with van der Waals surface area (Å²) in [5.41, 5.74) is 0.616. The van der Waals surface area contributed by atoms with Crippen LogP contribution in [0.5, 0.6) is 0 Å². The minimum atomic E-state index is -0.547. The number of urea groups is 1. The molecule has 8 nitrogen and oxygen atoms in total. The monoisotopic (exact) mass is 492 g/mol. The maximum Gasteiger partial charge on any atom is 0.325 e. The van der Waals surface area contributed by atoms with E-state index in [0.29, 0.717) is 11.7 Å². The second kappa shape index (κ2) is 9.38. The van der Waals surface area contributed by atoms with E-state index in [0.717, 1.165) is 60.3 Å². The summed E-state index contributed by atoms with van der Waals surface area (Å²) in [5.74, 6) is 1.41. The van der Waals surface area contributed by atoms with Crippen LogP contribution in [0.1, 0.15) is 38.6 Å². The minimum absolute atomic E-state index is 0.107. The van der Waals surface area contributed by atoms with E-state index in [1.807, 2.05) is 12.1 Å². The van der Waals surface area contributed by atoms with Gasteiger partial charge >= 0.3 is 6.03 Å². The normalized spacial score (nSPS) is 17.1. The lowest BCUT2D eigenvalue weighted by Gasteiger charge is -2.31. The second-order valence-electron chi connectivity index (χ2n) is 7.85. The number of hydrogen-bond donors (Lipinski definition) is 2. The number of hydrogen-bond acceptors (Lipinski definition) is 6. The molecule has 1 aliphatic heterocycles. The molecule has 4 rings (SSSR count). The molecule has 0 bridgehead atoms. The molecule has 2 N–H and O–H groups in total. The molecule has 0 atom stereocenters. The number of nitrogens with zero attached hydrogens (tertiary/aromatic N) is 4. The number of piperidine rings is 1. The molecule has 1 saturated heterocycles. The molecule has 2 aliphatic rings. The molecule has 30 heavy (non-hydrogen) atoms. The van der Waals surface area contributed by atoms with Gasteiger partial charge in [-0.25, -0.2) is 4.79 Å². The Bertz CT molecular complexity index is 907. The van der Waals surface area contributed by atoms with Crippen LogP contribution in [0.15, 0.2) is 33.9 Å². The first kappa shape index (κ1) is 21.2. The van der Waals surface area contributed by atoms with Gasteiger partial charge in [-0.05, 0) is 55.9 Å². The van der Waals surface area contributed by atoms with E-state index in [1.54, 1.807) is 12.1 Å². The first-order chi connectivity index (χ1) is 14.5. The highest BCUT2D eigenvalue weighted by Crippen LogP contribution is 2.41. The van der Waals surface area contributed by atoms with Gasteiger partial charge in [-0.1, -0.05) is 34.6 Å². The number of nitrogens with one attached hydrogen (secondary N) is 2. The number of carbonyl (C=O) groups excluding carboxylic acids is 2. The third-order valence-corrected chi connectivity index (χ3v) is 6.78. The molecular formula is C20H25BrN6O2S. The van der Waals surface area contributed by atoms with Crippen molar-refractivity contribution in [2.24, 2.45) is 5.92 Å².